The van der Waals surface area contributed by atoms with Crippen LogP contribution in [0, 0.1) is 5.41 Å². The number of aliphatic hydroxyl groups excluding tert-OH is 1. The lowest BCUT2D eigenvalue weighted by molar-refractivity contribution is 0.101. The van der Waals surface area contributed by atoms with E-state index in [1.807, 2.05) is 0 Å². The molecule has 120 valence electrons. The molecule has 0 amide bonds. The fraction of sp³-hybridized carbons (Fsp3) is 1.00. The maximum Gasteiger partial charge on any atom is 0.0611 e. The van der Waals surface area contributed by atoms with Crippen molar-refractivity contribution in [2.75, 3.05) is 20.2 Å². The molecule has 20 heavy (non-hydrogen) atoms. The first-order valence-corrected chi connectivity index (χ1v) is 8.26. The van der Waals surface area contributed by atoms with Crippen LogP contribution in [-0.2, 0) is 0 Å². The second kappa shape index (κ2) is 7.24. The molecule has 1 saturated carbocycles. The van der Waals surface area contributed by atoms with Gasteiger partial charge in [-0.1, -0.05) is 27.7 Å². The summed E-state index contributed by atoms with van der Waals surface area (Å²) >= 11 is 0. The molecule has 0 aromatic heterocycles. The van der Waals surface area contributed by atoms with Crippen LogP contribution in [0.1, 0.15) is 66.7 Å². The van der Waals surface area contributed by atoms with Crippen molar-refractivity contribution < 1.29 is 5.11 Å². The molecule has 2 N–H and O–H groups in total. The number of nitrogens with one attached hydrogen (secondary N) is 1. The second-order valence-electron chi connectivity index (χ2n) is 8.14. The number of hydrogen-bond acceptors (Lipinski definition) is 3. The maximum atomic E-state index is 9.65. The fourth-order valence-electron chi connectivity index (χ4n) is 3.32. The number of aliphatic hydroxyl groups is 1. The van der Waals surface area contributed by atoms with Crippen molar-refractivity contribution in [3.63, 3.8) is 0 Å². The van der Waals surface area contributed by atoms with Gasteiger partial charge in [0.05, 0.1) is 6.61 Å². The van der Waals surface area contributed by atoms with Gasteiger partial charge < -0.3 is 15.3 Å². The lowest BCUT2D eigenvalue weighted by Crippen LogP contribution is -2.51. The lowest BCUT2D eigenvalue weighted by atomic mass is 9.75. The van der Waals surface area contributed by atoms with E-state index >= 15 is 0 Å². The number of rotatable bonds is 7. The Bertz CT molecular complexity index is 281. The summed E-state index contributed by atoms with van der Waals surface area (Å²) in [5.74, 6) is 0. The van der Waals surface area contributed by atoms with Crippen LogP contribution in [0.15, 0.2) is 0 Å². The van der Waals surface area contributed by atoms with Crippen molar-refractivity contribution in [2.24, 2.45) is 5.41 Å². The molecule has 0 radical (unpaired) electrons. The lowest BCUT2D eigenvalue weighted by Gasteiger charge is -2.40. The first kappa shape index (κ1) is 17.9. The van der Waals surface area contributed by atoms with Crippen molar-refractivity contribution in [1.29, 1.82) is 0 Å². The van der Waals surface area contributed by atoms with Gasteiger partial charge in [0, 0.05) is 17.6 Å². The molecule has 0 bridgehead atoms. The summed E-state index contributed by atoms with van der Waals surface area (Å²) in [6.07, 6.45) is 6.30. The van der Waals surface area contributed by atoms with Crippen LogP contribution in [0.25, 0.3) is 0 Å². The average molecular weight is 284 g/mol. The van der Waals surface area contributed by atoms with Gasteiger partial charge in [-0.3, -0.25) is 0 Å². The molecule has 1 aliphatic rings. The quantitative estimate of drug-likeness (QED) is 0.754. The zero-order valence-corrected chi connectivity index (χ0v) is 14.5. The van der Waals surface area contributed by atoms with Crippen molar-refractivity contribution in [3.05, 3.63) is 0 Å². The molecule has 1 atom stereocenters. The third-order valence-electron chi connectivity index (χ3n) is 4.93. The van der Waals surface area contributed by atoms with Gasteiger partial charge in [-0.05, 0) is 58.0 Å². The predicted octanol–water partition coefficient (Wildman–Crippen LogP) is 3.03. The Morgan fingerprint density at radius 2 is 1.85 bits per heavy atom. The summed E-state index contributed by atoms with van der Waals surface area (Å²) in [5, 5.41) is 13.1. The van der Waals surface area contributed by atoms with Gasteiger partial charge in [0.25, 0.3) is 0 Å². The van der Waals surface area contributed by atoms with Gasteiger partial charge >= 0.3 is 0 Å². The predicted molar refractivity (Wildman–Crippen MR) is 87.0 cm³/mol. The molecule has 1 aliphatic carbocycles. The summed E-state index contributed by atoms with van der Waals surface area (Å²) in [5.41, 5.74) is 0.381. The first-order chi connectivity index (χ1) is 9.17. The first-order valence-electron chi connectivity index (χ1n) is 8.26. The molecular formula is C17H36N2O. The van der Waals surface area contributed by atoms with Crippen LogP contribution in [0.3, 0.4) is 0 Å². The second-order valence-corrected chi connectivity index (χ2v) is 8.14. The van der Waals surface area contributed by atoms with Crippen molar-refractivity contribution in [2.45, 2.75) is 84.3 Å². The highest BCUT2D eigenvalue weighted by Gasteiger charge is 2.30. The fourth-order valence-corrected chi connectivity index (χ4v) is 3.32. The average Bonchev–Trinajstić information content (AvgIpc) is 2.35. The van der Waals surface area contributed by atoms with Gasteiger partial charge in [-0.25, -0.2) is 0 Å². The molecule has 0 spiro atoms. The smallest absolute Gasteiger partial charge is 0.0611 e. The summed E-state index contributed by atoms with van der Waals surface area (Å²) in [6.45, 7) is 12.4. The zero-order valence-electron chi connectivity index (χ0n) is 14.5. The summed E-state index contributed by atoms with van der Waals surface area (Å²) in [4.78, 5) is 2.51. The number of hydrogen-bond donors (Lipinski definition) is 2. The maximum absolute atomic E-state index is 9.65. The van der Waals surface area contributed by atoms with Gasteiger partial charge in [-0.2, -0.15) is 0 Å². The monoisotopic (exact) mass is 284 g/mol. The van der Waals surface area contributed by atoms with Gasteiger partial charge in [0.2, 0.25) is 0 Å². The number of nitrogens with zero attached hydrogens (tertiary/aromatic N) is 1. The molecule has 0 heterocycles. The minimum atomic E-state index is -0.156. The van der Waals surface area contributed by atoms with Crippen molar-refractivity contribution in [3.8, 4) is 0 Å². The summed E-state index contributed by atoms with van der Waals surface area (Å²) < 4.78 is 0. The van der Waals surface area contributed by atoms with E-state index in [0.29, 0.717) is 11.5 Å². The Hall–Kier alpha value is -0.120. The molecule has 1 fully saturated rings. The van der Waals surface area contributed by atoms with Gasteiger partial charge in [-0.15, -0.1) is 0 Å². The Morgan fingerprint density at radius 3 is 2.30 bits per heavy atom. The Balaban J connectivity index is 2.40. The zero-order chi connectivity index (χ0) is 15.4. The van der Waals surface area contributed by atoms with E-state index in [1.165, 1.54) is 25.7 Å². The molecule has 3 heteroatoms. The molecule has 0 aliphatic heterocycles. The minimum absolute atomic E-state index is 0.156. The van der Waals surface area contributed by atoms with Crippen molar-refractivity contribution in [1.82, 2.24) is 10.2 Å². The third-order valence-corrected chi connectivity index (χ3v) is 4.93. The van der Waals surface area contributed by atoms with Crippen LogP contribution in [0.2, 0.25) is 0 Å². The van der Waals surface area contributed by atoms with Gasteiger partial charge in [0.15, 0.2) is 0 Å². The molecule has 1 unspecified atom stereocenters. The van der Waals surface area contributed by atoms with Gasteiger partial charge in [0.1, 0.15) is 0 Å². The molecule has 0 aromatic rings. The van der Waals surface area contributed by atoms with Crippen LogP contribution >= 0.6 is 0 Å². The molecule has 0 aromatic carbocycles. The van der Waals surface area contributed by atoms with Crippen LogP contribution in [0.4, 0.5) is 0 Å². The standard InChI is InChI=1S/C17H36N2O/c1-14(2)18-17(5,13-20)11-12-19(6)15-7-9-16(3,4)10-8-15/h14-15,18,20H,7-13H2,1-6H3. The highest BCUT2D eigenvalue weighted by atomic mass is 16.3. The van der Waals surface area contributed by atoms with E-state index in [1.54, 1.807) is 0 Å². The highest BCUT2D eigenvalue weighted by Crippen LogP contribution is 2.36. The van der Waals surface area contributed by atoms with Crippen LogP contribution in [-0.4, -0.2) is 47.8 Å². The SMILES string of the molecule is CC(C)NC(C)(CO)CCN(C)C1CCC(C)(C)CC1. The van der Waals surface area contributed by atoms with E-state index in [0.717, 1.165) is 19.0 Å². The highest BCUT2D eigenvalue weighted by molar-refractivity contribution is 4.87. The van der Waals surface area contributed by atoms with Crippen LogP contribution < -0.4 is 5.32 Å². The van der Waals surface area contributed by atoms with Crippen molar-refractivity contribution >= 4 is 0 Å². The van der Waals surface area contributed by atoms with E-state index in [4.69, 9.17) is 0 Å². The van der Waals surface area contributed by atoms with E-state index in [-0.39, 0.29) is 12.1 Å². The molecular weight excluding hydrogens is 248 g/mol. The van der Waals surface area contributed by atoms with Crippen LogP contribution in [0.5, 0.6) is 0 Å². The Kier molecular flexibility index (Phi) is 6.49. The third kappa shape index (κ3) is 5.71. The normalized spacial score (nSPS) is 23.2. The van der Waals surface area contributed by atoms with E-state index < -0.39 is 0 Å². The Morgan fingerprint density at radius 1 is 1.30 bits per heavy atom. The topological polar surface area (TPSA) is 35.5 Å². The molecule has 1 rings (SSSR count). The minimum Gasteiger partial charge on any atom is -0.394 e. The van der Waals surface area contributed by atoms with E-state index in [2.05, 4.69) is 51.9 Å². The molecule has 0 saturated heterocycles. The Labute approximate surface area is 126 Å². The molecule has 3 nitrogen and oxygen atoms in total. The largest absolute Gasteiger partial charge is 0.394 e. The van der Waals surface area contributed by atoms with E-state index in [9.17, 15) is 5.11 Å². The summed E-state index contributed by atoms with van der Waals surface area (Å²) in [7, 11) is 2.25. The summed E-state index contributed by atoms with van der Waals surface area (Å²) in [6, 6.07) is 1.14.